The quantitative estimate of drug-likeness (QED) is 0.357. The Hall–Kier alpha value is -4.54. The van der Waals surface area contributed by atoms with Crippen molar-refractivity contribution in [1.82, 2.24) is 30.4 Å². The molecule has 2 aromatic heterocycles. The molecule has 0 aliphatic carbocycles. The highest BCUT2D eigenvalue weighted by Gasteiger charge is 2.34. The highest BCUT2D eigenvalue weighted by molar-refractivity contribution is 5.89. The van der Waals surface area contributed by atoms with Crippen molar-refractivity contribution in [2.24, 2.45) is 0 Å². The first-order chi connectivity index (χ1) is 18.1. The number of ether oxygens (including phenoxy) is 1. The number of benzene rings is 2. The monoisotopic (exact) mass is 520 g/mol. The molecule has 4 rings (SSSR count). The average Bonchev–Trinajstić information content (AvgIpc) is 3.56. The number of nitrogens with zero attached hydrogens (tertiary/aromatic N) is 5. The summed E-state index contributed by atoms with van der Waals surface area (Å²) in [7, 11) is 1.57. The molecule has 0 saturated heterocycles. The zero-order valence-corrected chi connectivity index (χ0v) is 21.6. The van der Waals surface area contributed by atoms with Crippen LogP contribution in [0.5, 0.6) is 5.75 Å². The summed E-state index contributed by atoms with van der Waals surface area (Å²) in [6.07, 6.45) is 1.49. The van der Waals surface area contributed by atoms with E-state index in [1.165, 1.54) is 40.2 Å². The fourth-order valence-corrected chi connectivity index (χ4v) is 3.83. The Morgan fingerprint density at radius 1 is 1.11 bits per heavy atom. The Kier molecular flexibility index (Phi) is 7.85. The van der Waals surface area contributed by atoms with Gasteiger partial charge in [-0.05, 0) is 80.1 Å². The number of nitrogens with one attached hydrogen (secondary N) is 1. The van der Waals surface area contributed by atoms with E-state index >= 15 is 0 Å². The summed E-state index contributed by atoms with van der Waals surface area (Å²) in [6, 6.07) is 14.9. The SMILES string of the molecule is COc1ccc(-c2nnn(CC(=O)N(Cc3ccco3)[C@H](C(=O)NC(C)(C)C)c3ccc(F)cc3)n2)cc1. The average molecular weight is 521 g/mol. The van der Waals surface area contributed by atoms with Crippen LogP contribution in [0.4, 0.5) is 4.39 Å². The lowest BCUT2D eigenvalue weighted by molar-refractivity contribution is -0.143. The molecule has 0 aliphatic rings. The number of carbonyl (C=O) groups is 2. The van der Waals surface area contributed by atoms with Crippen molar-refractivity contribution in [2.45, 2.75) is 45.4 Å². The molecule has 11 heteroatoms. The van der Waals surface area contributed by atoms with E-state index in [4.69, 9.17) is 9.15 Å². The molecular weight excluding hydrogens is 491 g/mol. The summed E-state index contributed by atoms with van der Waals surface area (Å²) < 4.78 is 24.4. The van der Waals surface area contributed by atoms with Crippen LogP contribution in [0.2, 0.25) is 0 Å². The molecule has 0 bridgehead atoms. The molecule has 0 unspecified atom stereocenters. The van der Waals surface area contributed by atoms with Gasteiger partial charge in [0.2, 0.25) is 17.6 Å². The van der Waals surface area contributed by atoms with E-state index in [1.54, 1.807) is 43.5 Å². The first-order valence-corrected chi connectivity index (χ1v) is 11.9. The second kappa shape index (κ2) is 11.2. The van der Waals surface area contributed by atoms with Gasteiger partial charge in [-0.1, -0.05) is 12.1 Å². The summed E-state index contributed by atoms with van der Waals surface area (Å²) in [5.74, 6) is 0.154. The van der Waals surface area contributed by atoms with E-state index in [2.05, 4.69) is 20.7 Å². The first kappa shape index (κ1) is 26.5. The normalized spacial score (nSPS) is 12.1. The van der Waals surface area contributed by atoms with Gasteiger partial charge in [0.15, 0.2) is 0 Å². The van der Waals surface area contributed by atoms with Gasteiger partial charge in [0, 0.05) is 11.1 Å². The van der Waals surface area contributed by atoms with Gasteiger partial charge < -0.3 is 19.4 Å². The number of rotatable bonds is 9. The molecule has 10 nitrogen and oxygen atoms in total. The van der Waals surface area contributed by atoms with Crippen LogP contribution in [0.3, 0.4) is 0 Å². The summed E-state index contributed by atoms with van der Waals surface area (Å²) in [6.45, 7) is 5.22. The number of hydrogen-bond acceptors (Lipinski definition) is 7. The number of aromatic nitrogens is 4. The highest BCUT2D eigenvalue weighted by Crippen LogP contribution is 2.26. The van der Waals surface area contributed by atoms with Gasteiger partial charge in [-0.2, -0.15) is 4.80 Å². The Morgan fingerprint density at radius 3 is 2.42 bits per heavy atom. The molecule has 0 radical (unpaired) electrons. The lowest BCUT2D eigenvalue weighted by Gasteiger charge is -2.33. The van der Waals surface area contributed by atoms with Gasteiger partial charge in [-0.15, -0.1) is 10.2 Å². The van der Waals surface area contributed by atoms with Crippen LogP contribution in [-0.4, -0.2) is 49.6 Å². The second-order valence-corrected chi connectivity index (χ2v) is 9.67. The van der Waals surface area contributed by atoms with Gasteiger partial charge >= 0.3 is 0 Å². The van der Waals surface area contributed by atoms with Crippen LogP contribution >= 0.6 is 0 Å². The Labute approximate surface area is 219 Å². The molecule has 0 fully saturated rings. The zero-order chi connectivity index (χ0) is 27.3. The van der Waals surface area contributed by atoms with Crippen molar-refractivity contribution in [3.8, 4) is 17.1 Å². The fourth-order valence-electron chi connectivity index (χ4n) is 3.83. The van der Waals surface area contributed by atoms with E-state index < -0.39 is 29.2 Å². The van der Waals surface area contributed by atoms with Crippen LogP contribution in [0.25, 0.3) is 11.4 Å². The molecule has 0 aliphatic heterocycles. The third-order valence-electron chi connectivity index (χ3n) is 5.55. The summed E-state index contributed by atoms with van der Waals surface area (Å²) in [5.41, 5.74) is 0.569. The molecule has 0 spiro atoms. The van der Waals surface area contributed by atoms with Crippen molar-refractivity contribution in [3.63, 3.8) is 0 Å². The molecule has 2 aromatic carbocycles. The van der Waals surface area contributed by atoms with E-state index in [-0.39, 0.29) is 13.1 Å². The summed E-state index contributed by atoms with van der Waals surface area (Å²) >= 11 is 0. The highest BCUT2D eigenvalue weighted by atomic mass is 19.1. The van der Waals surface area contributed by atoms with Gasteiger partial charge in [-0.25, -0.2) is 4.39 Å². The molecular formula is C27H29FN6O4. The largest absolute Gasteiger partial charge is 0.497 e. The number of halogens is 1. The minimum absolute atomic E-state index is 0.00846. The molecule has 198 valence electrons. The van der Waals surface area contributed by atoms with E-state index in [9.17, 15) is 14.0 Å². The lowest BCUT2D eigenvalue weighted by atomic mass is 10.0. The maximum Gasteiger partial charge on any atom is 0.247 e. The van der Waals surface area contributed by atoms with Crippen LogP contribution < -0.4 is 10.1 Å². The summed E-state index contributed by atoms with van der Waals surface area (Å²) in [4.78, 5) is 29.8. The molecule has 4 aromatic rings. The van der Waals surface area contributed by atoms with Crippen molar-refractivity contribution >= 4 is 11.8 Å². The number of furan rings is 1. The number of amides is 2. The lowest BCUT2D eigenvalue weighted by Crippen LogP contribution is -2.49. The van der Waals surface area contributed by atoms with Crippen molar-refractivity contribution < 1.29 is 23.1 Å². The Bertz CT molecular complexity index is 1360. The number of hydrogen-bond donors (Lipinski definition) is 1. The zero-order valence-electron chi connectivity index (χ0n) is 21.6. The topological polar surface area (TPSA) is 115 Å². The molecule has 38 heavy (non-hydrogen) atoms. The predicted molar refractivity (Wildman–Crippen MR) is 136 cm³/mol. The van der Waals surface area contributed by atoms with Crippen molar-refractivity contribution in [2.75, 3.05) is 7.11 Å². The van der Waals surface area contributed by atoms with Gasteiger partial charge in [0.25, 0.3) is 0 Å². The predicted octanol–water partition coefficient (Wildman–Crippen LogP) is 3.77. The minimum Gasteiger partial charge on any atom is -0.497 e. The molecule has 1 atom stereocenters. The maximum atomic E-state index is 13.7. The van der Waals surface area contributed by atoms with E-state index in [0.29, 0.717) is 28.5 Å². The molecule has 2 heterocycles. The van der Waals surface area contributed by atoms with E-state index in [0.717, 1.165) is 0 Å². The smallest absolute Gasteiger partial charge is 0.247 e. The Morgan fingerprint density at radius 2 is 1.82 bits per heavy atom. The molecule has 2 amide bonds. The van der Waals surface area contributed by atoms with Gasteiger partial charge in [-0.3, -0.25) is 9.59 Å². The number of methoxy groups -OCH3 is 1. The van der Waals surface area contributed by atoms with Crippen molar-refractivity contribution in [3.05, 3.63) is 84.1 Å². The third kappa shape index (κ3) is 6.61. The molecule has 0 saturated carbocycles. The number of carbonyl (C=O) groups excluding carboxylic acids is 2. The third-order valence-corrected chi connectivity index (χ3v) is 5.55. The fraction of sp³-hybridized carbons (Fsp3) is 0.296. The van der Waals surface area contributed by atoms with Crippen LogP contribution in [0, 0.1) is 5.82 Å². The van der Waals surface area contributed by atoms with Gasteiger partial charge in [0.05, 0.1) is 19.9 Å². The van der Waals surface area contributed by atoms with Crippen molar-refractivity contribution in [1.29, 1.82) is 0 Å². The standard InChI is InChI=1S/C27H29FN6O4/c1-27(2,3)29-26(36)24(18-7-11-20(28)12-8-18)33(16-22-6-5-15-38-22)23(35)17-34-31-25(30-32-34)19-9-13-21(37-4)14-10-19/h5-15,24H,16-17H2,1-4H3,(H,29,36)/t24-/m0/s1. The van der Waals surface area contributed by atoms with E-state index in [1.807, 2.05) is 20.8 Å². The minimum atomic E-state index is -1.07. The second-order valence-electron chi connectivity index (χ2n) is 9.67. The van der Waals surface area contributed by atoms with Crippen LogP contribution in [0.15, 0.2) is 71.3 Å². The van der Waals surface area contributed by atoms with Crippen LogP contribution in [-0.2, 0) is 22.7 Å². The van der Waals surface area contributed by atoms with Crippen LogP contribution in [0.1, 0.15) is 38.1 Å². The van der Waals surface area contributed by atoms with Gasteiger partial charge in [0.1, 0.15) is 29.9 Å². The number of tetrazole rings is 1. The summed E-state index contributed by atoms with van der Waals surface area (Å²) in [5, 5.41) is 15.3. The Balaban J connectivity index is 1.65. The first-order valence-electron chi connectivity index (χ1n) is 11.9. The molecule has 1 N–H and O–H groups in total. The maximum absolute atomic E-state index is 13.7.